The minimum Gasteiger partial charge on any atom is -0.366 e. The molecule has 1 N–H and O–H groups in total. The zero-order valence-corrected chi connectivity index (χ0v) is 15.2. The molecule has 0 bridgehead atoms. The van der Waals surface area contributed by atoms with E-state index in [1.807, 2.05) is 6.07 Å². The lowest BCUT2D eigenvalue weighted by Gasteiger charge is -2.24. The summed E-state index contributed by atoms with van der Waals surface area (Å²) in [6.45, 7) is 12.6. The fourth-order valence-corrected chi connectivity index (χ4v) is 4.03. The summed E-state index contributed by atoms with van der Waals surface area (Å²) >= 11 is 0. The van der Waals surface area contributed by atoms with Crippen molar-refractivity contribution in [2.24, 2.45) is 0 Å². The Labute approximate surface area is 133 Å². The van der Waals surface area contributed by atoms with Crippen LogP contribution in [0.15, 0.2) is 6.07 Å². The second kappa shape index (κ2) is 5.48. The van der Waals surface area contributed by atoms with Gasteiger partial charge in [-0.3, -0.25) is 0 Å². The van der Waals surface area contributed by atoms with Crippen LogP contribution >= 0.6 is 0 Å². The molecule has 6 heteroatoms. The molecular weight excluding hydrogens is 298 g/mol. The van der Waals surface area contributed by atoms with Gasteiger partial charge < -0.3 is 5.32 Å². The monoisotopic (exact) mass is 325 g/mol. The van der Waals surface area contributed by atoms with Gasteiger partial charge in [0.1, 0.15) is 11.6 Å². The fourth-order valence-electron chi connectivity index (χ4n) is 2.36. The van der Waals surface area contributed by atoms with Gasteiger partial charge in [-0.15, -0.1) is 0 Å². The van der Waals surface area contributed by atoms with Crippen LogP contribution in [0.5, 0.6) is 0 Å². The second-order valence-electron chi connectivity index (χ2n) is 8.21. The summed E-state index contributed by atoms with van der Waals surface area (Å²) in [4.78, 5) is 9.32. The van der Waals surface area contributed by atoms with Crippen molar-refractivity contribution in [2.75, 3.05) is 16.8 Å². The maximum Gasteiger partial charge on any atom is 0.152 e. The molecule has 0 spiro atoms. The number of nitrogens with zero attached hydrogens (tertiary/aromatic N) is 2. The van der Waals surface area contributed by atoms with Gasteiger partial charge in [0.2, 0.25) is 0 Å². The Morgan fingerprint density at radius 2 is 1.73 bits per heavy atom. The SMILES string of the molecule is CC(C)(C)c1cc(NC2CCS(=O)(=O)C2)nc(C(C)(C)C)n1. The van der Waals surface area contributed by atoms with Crippen LogP contribution in [-0.4, -0.2) is 35.9 Å². The molecule has 1 aromatic heterocycles. The number of nitrogens with one attached hydrogen (secondary N) is 1. The topological polar surface area (TPSA) is 72.0 Å². The van der Waals surface area contributed by atoms with Crippen molar-refractivity contribution >= 4 is 15.7 Å². The van der Waals surface area contributed by atoms with E-state index in [1.165, 1.54) is 0 Å². The molecule has 1 fully saturated rings. The Hall–Kier alpha value is -1.17. The van der Waals surface area contributed by atoms with Crippen LogP contribution in [0.1, 0.15) is 59.5 Å². The van der Waals surface area contributed by atoms with Crippen molar-refractivity contribution in [3.8, 4) is 0 Å². The molecule has 0 aromatic carbocycles. The summed E-state index contributed by atoms with van der Waals surface area (Å²) in [5.41, 5.74) is 0.733. The van der Waals surface area contributed by atoms with E-state index >= 15 is 0 Å². The molecule has 0 aliphatic carbocycles. The molecule has 1 saturated heterocycles. The predicted molar refractivity (Wildman–Crippen MR) is 90.1 cm³/mol. The van der Waals surface area contributed by atoms with E-state index < -0.39 is 9.84 Å². The van der Waals surface area contributed by atoms with E-state index in [4.69, 9.17) is 4.98 Å². The normalized spacial score (nSPS) is 21.8. The van der Waals surface area contributed by atoms with Crippen LogP contribution in [0.3, 0.4) is 0 Å². The standard InChI is InChI=1S/C16H27N3O2S/c1-15(2,3)12-9-13(19-14(18-12)16(4,5)6)17-11-7-8-22(20,21)10-11/h9,11H,7-8,10H2,1-6H3,(H,17,18,19). The average Bonchev–Trinajstić information content (AvgIpc) is 2.66. The number of anilines is 1. The molecule has 0 radical (unpaired) electrons. The molecule has 0 saturated carbocycles. The zero-order valence-electron chi connectivity index (χ0n) is 14.4. The first-order valence-electron chi connectivity index (χ1n) is 7.74. The van der Waals surface area contributed by atoms with Gasteiger partial charge in [-0.05, 0) is 6.42 Å². The summed E-state index contributed by atoms with van der Waals surface area (Å²) < 4.78 is 23.2. The summed E-state index contributed by atoms with van der Waals surface area (Å²) in [7, 11) is -2.90. The molecular formula is C16H27N3O2S. The average molecular weight is 325 g/mol. The lowest BCUT2D eigenvalue weighted by molar-refractivity contribution is 0.514. The van der Waals surface area contributed by atoms with E-state index in [2.05, 4.69) is 51.8 Å². The maximum absolute atomic E-state index is 11.6. The van der Waals surface area contributed by atoms with E-state index in [0.717, 1.165) is 17.3 Å². The molecule has 1 unspecified atom stereocenters. The third kappa shape index (κ3) is 4.18. The Bertz CT molecular complexity index is 623. The molecule has 5 nitrogen and oxygen atoms in total. The van der Waals surface area contributed by atoms with Gasteiger partial charge >= 0.3 is 0 Å². The first-order chi connectivity index (χ1) is 9.87. The lowest BCUT2D eigenvalue weighted by Crippen LogP contribution is -2.26. The van der Waals surface area contributed by atoms with Crippen molar-refractivity contribution in [2.45, 2.75) is 64.8 Å². The van der Waals surface area contributed by atoms with Crippen LogP contribution in [0, 0.1) is 0 Å². The number of aromatic nitrogens is 2. The maximum atomic E-state index is 11.6. The quantitative estimate of drug-likeness (QED) is 0.905. The lowest BCUT2D eigenvalue weighted by atomic mass is 9.90. The Morgan fingerprint density at radius 1 is 1.09 bits per heavy atom. The number of hydrogen-bond donors (Lipinski definition) is 1. The molecule has 0 amide bonds. The Kier molecular flexibility index (Phi) is 4.28. The van der Waals surface area contributed by atoms with Gasteiger partial charge in [-0.25, -0.2) is 18.4 Å². The molecule has 1 atom stereocenters. The van der Waals surface area contributed by atoms with Crippen LogP contribution in [0.2, 0.25) is 0 Å². The number of hydrogen-bond acceptors (Lipinski definition) is 5. The van der Waals surface area contributed by atoms with Crippen LogP contribution in [-0.2, 0) is 20.7 Å². The number of sulfone groups is 1. The van der Waals surface area contributed by atoms with E-state index in [1.54, 1.807) is 0 Å². The fraction of sp³-hybridized carbons (Fsp3) is 0.750. The third-order valence-electron chi connectivity index (χ3n) is 3.75. The molecule has 2 heterocycles. The molecule has 124 valence electrons. The van der Waals surface area contributed by atoms with Crippen LogP contribution < -0.4 is 5.32 Å². The zero-order chi connectivity index (χ0) is 16.8. The third-order valence-corrected chi connectivity index (χ3v) is 5.52. The molecule has 2 rings (SSSR count). The largest absolute Gasteiger partial charge is 0.366 e. The summed E-state index contributed by atoms with van der Waals surface area (Å²) in [6, 6.07) is 1.89. The van der Waals surface area contributed by atoms with Gasteiger partial charge in [-0.2, -0.15) is 0 Å². The predicted octanol–water partition coefficient (Wildman–Crippen LogP) is 2.67. The highest BCUT2D eigenvalue weighted by Gasteiger charge is 2.29. The van der Waals surface area contributed by atoms with Crippen LogP contribution in [0.4, 0.5) is 5.82 Å². The number of rotatable bonds is 2. The van der Waals surface area contributed by atoms with Crippen molar-refractivity contribution < 1.29 is 8.42 Å². The van der Waals surface area contributed by atoms with Crippen molar-refractivity contribution in [1.82, 2.24) is 9.97 Å². The van der Waals surface area contributed by atoms with Crippen molar-refractivity contribution in [1.29, 1.82) is 0 Å². The molecule has 1 aliphatic rings. The minimum absolute atomic E-state index is 0.0551. The van der Waals surface area contributed by atoms with Gasteiger partial charge in [0, 0.05) is 22.9 Å². The van der Waals surface area contributed by atoms with Gasteiger partial charge in [0.25, 0.3) is 0 Å². The Balaban J connectivity index is 2.35. The minimum atomic E-state index is -2.90. The van der Waals surface area contributed by atoms with Gasteiger partial charge in [0.05, 0.1) is 17.2 Å². The van der Waals surface area contributed by atoms with E-state index in [-0.39, 0.29) is 28.4 Å². The van der Waals surface area contributed by atoms with E-state index in [9.17, 15) is 8.42 Å². The highest BCUT2D eigenvalue weighted by Crippen LogP contribution is 2.27. The Morgan fingerprint density at radius 3 is 2.18 bits per heavy atom. The first-order valence-corrected chi connectivity index (χ1v) is 9.56. The van der Waals surface area contributed by atoms with Crippen LogP contribution in [0.25, 0.3) is 0 Å². The van der Waals surface area contributed by atoms with Crippen molar-refractivity contribution in [3.05, 3.63) is 17.6 Å². The van der Waals surface area contributed by atoms with Crippen molar-refractivity contribution in [3.63, 3.8) is 0 Å². The first kappa shape index (κ1) is 17.2. The van der Waals surface area contributed by atoms with E-state index in [0.29, 0.717) is 6.42 Å². The smallest absolute Gasteiger partial charge is 0.152 e. The highest BCUT2D eigenvalue weighted by molar-refractivity contribution is 7.91. The summed E-state index contributed by atoms with van der Waals surface area (Å²) in [5, 5.41) is 3.29. The molecule has 1 aromatic rings. The highest BCUT2D eigenvalue weighted by atomic mass is 32.2. The summed E-state index contributed by atoms with van der Waals surface area (Å²) in [5.74, 6) is 1.95. The molecule has 22 heavy (non-hydrogen) atoms. The summed E-state index contributed by atoms with van der Waals surface area (Å²) in [6.07, 6.45) is 0.641. The van der Waals surface area contributed by atoms with Gasteiger partial charge in [-0.1, -0.05) is 41.5 Å². The van der Waals surface area contributed by atoms with Gasteiger partial charge in [0.15, 0.2) is 9.84 Å². The molecule has 1 aliphatic heterocycles. The second-order valence-corrected chi connectivity index (χ2v) is 10.4.